The van der Waals surface area contributed by atoms with Crippen LogP contribution in [0.4, 0.5) is 0 Å². The van der Waals surface area contributed by atoms with Crippen LogP contribution in [0, 0.1) is 0 Å². The Kier molecular flexibility index (Phi) is 4.14. The molecule has 0 aromatic carbocycles. The first kappa shape index (κ1) is 16.8. The van der Waals surface area contributed by atoms with Crippen molar-refractivity contribution in [2.75, 3.05) is 6.54 Å². The first-order valence-corrected chi connectivity index (χ1v) is 6.08. The van der Waals surface area contributed by atoms with Crippen LogP contribution in [0.1, 0.15) is 26.7 Å². The number of nitrogens with zero attached hydrogens (tertiary/aromatic N) is 1. The summed E-state index contributed by atoms with van der Waals surface area (Å²) in [6.07, 6.45) is -0.600. The predicted molar refractivity (Wildman–Crippen MR) is 64.6 cm³/mol. The summed E-state index contributed by atoms with van der Waals surface area (Å²) < 4.78 is 0. The quantitative estimate of drug-likeness (QED) is 0.287. The number of β-amino-alcohol motifs (C(OH)–C–C–N with tert-alkyl or cyclic N) is 1. The Morgan fingerprint density at radius 2 is 1.95 bits per heavy atom. The molecule has 9 heteroatoms. The number of nitrogens with two attached hydrogens (primary N) is 1. The summed E-state index contributed by atoms with van der Waals surface area (Å²) in [5.74, 6) is -7.97. The second-order valence-electron chi connectivity index (χ2n) is 5.25. The van der Waals surface area contributed by atoms with Crippen LogP contribution in [0.3, 0.4) is 0 Å². The van der Waals surface area contributed by atoms with Crippen LogP contribution in [0.25, 0.3) is 0 Å². The number of hydrogen-bond donors (Lipinski definition) is 6. The fourth-order valence-corrected chi connectivity index (χ4v) is 2.31. The van der Waals surface area contributed by atoms with Crippen LogP contribution in [0.15, 0.2) is 0 Å². The molecule has 2 unspecified atom stereocenters. The smallest absolute Gasteiger partial charge is 0.250 e. The third-order valence-electron chi connectivity index (χ3n) is 3.60. The molecule has 2 amide bonds. The van der Waals surface area contributed by atoms with E-state index in [1.807, 2.05) is 0 Å². The normalized spacial score (nSPS) is 25.9. The molecule has 0 saturated carbocycles. The predicted octanol–water partition coefficient (Wildman–Crippen LogP) is -3.40. The van der Waals surface area contributed by atoms with Gasteiger partial charge in [-0.2, -0.15) is 0 Å². The highest BCUT2D eigenvalue weighted by Gasteiger charge is 2.64. The van der Waals surface area contributed by atoms with Crippen molar-refractivity contribution in [3.05, 3.63) is 0 Å². The summed E-state index contributed by atoms with van der Waals surface area (Å²) in [4.78, 5) is 24.0. The van der Waals surface area contributed by atoms with E-state index < -0.39 is 48.0 Å². The fourth-order valence-electron chi connectivity index (χ4n) is 2.31. The van der Waals surface area contributed by atoms with E-state index in [-0.39, 0.29) is 6.42 Å². The third-order valence-corrected chi connectivity index (χ3v) is 3.60. The minimum absolute atomic E-state index is 0.177. The van der Waals surface area contributed by atoms with Gasteiger partial charge >= 0.3 is 0 Å². The van der Waals surface area contributed by atoms with Crippen molar-refractivity contribution < 1.29 is 35.1 Å². The molecule has 9 nitrogen and oxygen atoms in total. The van der Waals surface area contributed by atoms with Crippen molar-refractivity contribution in [1.82, 2.24) is 4.90 Å². The summed E-state index contributed by atoms with van der Waals surface area (Å²) in [7, 11) is 0. The number of primary amides is 1. The molecule has 1 rings (SSSR count). The van der Waals surface area contributed by atoms with Crippen molar-refractivity contribution >= 4 is 11.8 Å². The van der Waals surface area contributed by atoms with Gasteiger partial charge in [-0.3, -0.25) is 9.59 Å². The number of likely N-dealkylation sites (tertiary alicyclic amines) is 1. The highest BCUT2D eigenvalue weighted by molar-refractivity contribution is 5.88. The van der Waals surface area contributed by atoms with E-state index in [0.29, 0.717) is 6.92 Å². The fraction of sp³-hybridized carbons (Fsp3) is 0.818. The van der Waals surface area contributed by atoms with E-state index in [0.717, 1.165) is 4.90 Å². The van der Waals surface area contributed by atoms with Crippen LogP contribution in [0.2, 0.25) is 0 Å². The molecule has 20 heavy (non-hydrogen) atoms. The second kappa shape index (κ2) is 4.93. The lowest BCUT2D eigenvalue weighted by molar-refractivity contribution is -0.400. The van der Waals surface area contributed by atoms with Gasteiger partial charge in [-0.25, -0.2) is 0 Å². The zero-order chi connectivity index (χ0) is 15.9. The average Bonchev–Trinajstić information content (AvgIpc) is 2.55. The first-order chi connectivity index (χ1) is 8.87. The zero-order valence-electron chi connectivity index (χ0n) is 11.3. The lowest BCUT2D eigenvalue weighted by Crippen LogP contribution is -2.68. The van der Waals surface area contributed by atoms with Crippen LogP contribution >= 0.6 is 0 Å². The van der Waals surface area contributed by atoms with Crippen molar-refractivity contribution in [2.24, 2.45) is 5.73 Å². The molecule has 7 N–H and O–H groups in total. The zero-order valence-corrected chi connectivity index (χ0v) is 11.3. The van der Waals surface area contributed by atoms with Crippen molar-refractivity contribution in [1.29, 1.82) is 0 Å². The highest BCUT2D eigenvalue weighted by atomic mass is 16.6. The Morgan fingerprint density at radius 3 is 2.30 bits per heavy atom. The molecule has 0 aliphatic carbocycles. The van der Waals surface area contributed by atoms with E-state index in [9.17, 15) is 35.1 Å². The van der Waals surface area contributed by atoms with Crippen molar-refractivity contribution in [2.45, 2.75) is 49.9 Å². The number of hydrogen-bond acceptors (Lipinski definition) is 7. The number of amides is 2. The Labute approximate surface area is 115 Å². The Hall–Kier alpha value is -1.26. The van der Waals surface area contributed by atoms with Crippen molar-refractivity contribution in [3.8, 4) is 0 Å². The Balaban J connectivity index is 3.10. The van der Waals surface area contributed by atoms with Crippen molar-refractivity contribution in [3.63, 3.8) is 0 Å². The summed E-state index contributed by atoms with van der Waals surface area (Å²) in [5, 5.41) is 48.3. The number of rotatable bonds is 5. The third kappa shape index (κ3) is 2.50. The maximum absolute atomic E-state index is 11.8. The van der Waals surface area contributed by atoms with E-state index >= 15 is 0 Å². The molecule has 1 aliphatic heterocycles. The summed E-state index contributed by atoms with van der Waals surface area (Å²) in [6.45, 7) is 1.59. The number of carbonyl (C=O) groups is 2. The molecule has 0 radical (unpaired) electrons. The molecule has 1 fully saturated rings. The van der Waals surface area contributed by atoms with Gasteiger partial charge in [0.25, 0.3) is 0 Å². The molecule has 2 atom stereocenters. The minimum Gasteiger partial charge on any atom is -0.382 e. The molecule has 0 aromatic heterocycles. The summed E-state index contributed by atoms with van der Waals surface area (Å²) in [6, 6.07) is -1.02. The van der Waals surface area contributed by atoms with Gasteiger partial charge in [0.2, 0.25) is 23.4 Å². The van der Waals surface area contributed by atoms with Crippen LogP contribution in [-0.2, 0) is 9.59 Å². The topological polar surface area (TPSA) is 165 Å². The second-order valence-corrected chi connectivity index (χ2v) is 5.25. The maximum atomic E-state index is 11.8. The Bertz CT molecular complexity index is 417. The van der Waals surface area contributed by atoms with E-state index in [2.05, 4.69) is 0 Å². The Morgan fingerprint density at radius 1 is 1.45 bits per heavy atom. The SMILES string of the molecule is CCC(C(N)=O)N1CC(O)(C(O)(O)C(C)(O)O)CC1=O. The highest BCUT2D eigenvalue weighted by Crippen LogP contribution is 2.38. The molecule has 1 heterocycles. The monoisotopic (exact) mass is 292 g/mol. The molecule has 0 bridgehead atoms. The van der Waals surface area contributed by atoms with E-state index in [1.54, 1.807) is 6.92 Å². The standard InChI is InChI=1S/C11H20N2O7/c1-3-6(8(12)15)13-5-10(18,4-7(13)14)11(19,20)9(2,16)17/h6,16-20H,3-5H2,1-2H3,(H2,12,15). The molecular weight excluding hydrogens is 272 g/mol. The van der Waals surface area contributed by atoms with E-state index in [4.69, 9.17) is 5.73 Å². The maximum Gasteiger partial charge on any atom is 0.250 e. The van der Waals surface area contributed by atoms with Crippen LogP contribution in [0.5, 0.6) is 0 Å². The first-order valence-electron chi connectivity index (χ1n) is 6.08. The lowest BCUT2D eigenvalue weighted by Gasteiger charge is -2.42. The molecule has 1 aliphatic rings. The van der Waals surface area contributed by atoms with Gasteiger partial charge in [0.05, 0.1) is 13.0 Å². The largest absolute Gasteiger partial charge is 0.382 e. The molecular formula is C11H20N2O7. The van der Waals surface area contributed by atoms with Crippen LogP contribution in [-0.4, -0.2) is 72.0 Å². The van der Waals surface area contributed by atoms with Crippen LogP contribution < -0.4 is 5.73 Å². The molecule has 0 spiro atoms. The van der Waals surface area contributed by atoms with Gasteiger partial charge in [-0.15, -0.1) is 0 Å². The lowest BCUT2D eigenvalue weighted by atomic mass is 9.86. The van der Waals surface area contributed by atoms with Gasteiger partial charge < -0.3 is 36.2 Å². The minimum atomic E-state index is -3.36. The van der Waals surface area contributed by atoms with E-state index in [1.165, 1.54) is 0 Å². The van der Waals surface area contributed by atoms with Gasteiger partial charge in [-0.1, -0.05) is 6.92 Å². The number of carbonyl (C=O) groups excluding carboxylic acids is 2. The van der Waals surface area contributed by atoms with Gasteiger partial charge in [-0.05, 0) is 13.3 Å². The van der Waals surface area contributed by atoms with Gasteiger partial charge in [0.1, 0.15) is 11.6 Å². The average molecular weight is 292 g/mol. The number of aliphatic hydroxyl groups is 5. The van der Waals surface area contributed by atoms with Gasteiger partial charge in [0, 0.05) is 0 Å². The van der Waals surface area contributed by atoms with Gasteiger partial charge in [0.15, 0.2) is 0 Å². The molecule has 0 aromatic rings. The summed E-state index contributed by atoms with van der Waals surface area (Å²) in [5.41, 5.74) is 2.60. The summed E-state index contributed by atoms with van der Waals surface area (Å²) >= 11 is 0. The molecule has 116 valence electrons. The molecule has 1 saturated heterocycles.